The molecule has 0 aliphatic heterocycles. The largest absolute Gasteiger partial charge is 0.130 e. The lowest BCUT2D eigenvalue weighted by atomic mass is 10.2. The predicted octanol–water partition coefficient (Wildman–Crippen LogP) is 2.98. The third-order valence-corrected chi connectivity index (χ3v) is 2.19. The number of rotatable bonds is 2. The molecule has 53 valence electrons. The fourth-order valence-corrected chi connectivity index (χ4v) is 1.20. The lowest BCUT2D eigenvalue weighted by Crippen LogP contribution is -1.75. The summed E-state index contributed by atoms with van der Waals surface area (Å²) < 4.78 is 0. The van der Waals surface area contributed by atoms with Gasteiger partial charge in [0.1, 0.15) is 0 Å². The van der Waals surface area contributed by atoms with Gasteiger partial charge in [-0.15, -0.1) is 11.8 Å². The van der Waals surface area contributed by atoms with E-state index in [4.69, 9.17) is 0 Å². The van der Waals surface area contributed by atoms with Gasteiger partial charge in [-0.05, 0) is 30.4 Å². The van der Waals surface area contributed by atoms with Crippen LogP contribution < -0.4 is 0 Å². The van der Waals surface area contributed by atoms with Crippen molar-refractivity contribution >= 4 is 11.8 Å². The summed E-state index contributed by atoms with van der Waals surface area (Å²) in [6.45, 7) is 2.05. The van der Waals surface area contributed by atoms with Crippen LogP contribution in [0.3, 0.4) is 0 Å². The summed E-state index contributed by atoms with van der Waals surface area (Å²) in [5.41, 5.74) is 1.29. The van der Waals surface area contributed by atoms with Crippen molar-refractivity contribution in [1.29, 1.82) is 0 Å². The SMILES string of the molecule is C[CH]c1ccc(SC)cc1. The highest BCUT2D eigenvalue weighted by Crippen LogP contribution is 2.15. The van der Waals surface area contributed by atoms with Crippen molar-refractivity contribution in [1.82, 2.24) is 0 Å². The Labute approximate surface area is 66.6 Å². The summed E-state index contributed by atoms with van der Waals surface area (Å²) in [4.78, 5) is 1.32. The van der Waals surface area contributed by atoms with Gasteiger partial charge in [0.25, 0.3) is 0 Å². The normalized spacial score (nSPS) is 9.80. The predicted molar refractivity (Wildman–Crippen MR) is 47.3 cm³/mol. The zero-order valence-electron chi connectivity index (χ0n) is 6.29. The molecule has 1 heteroatoms. The Kier molecular flexibility index (Phi) is 2.82. The quantitative estimate of drug-likeness (QED) is 0.585. The molecule has 0 spiro atoms. The molecule has 0 unspecified atom stereocenters. The average Bonchev–Trinajstić information content (AvgIpc) is 2.05. The number of thioether (sulfide) groups is 1. The second-order valence-electron chi connectivity index (χ2n) is 2.06. The Morgan fingerprint density at radius 2 is 1.80 bits per heavy atom. The molecule has 0 aromatic heterocycles. The van der Waals surface area contributed by atoms with Crippen molar-refractivity contribution in [3.05, 3.63) is 36.2 Å². The van der Waals surface area contributed by atoms with Crippen molar-refractivity contribution in [2.24, 2.45) is 0 Å². The van der Waals surface area contributed by atoms with Crippen LogP contribution in [0.2, 0.25) is 0 Å². The molecule has 0 saturated carbocycles. The number of benzene rings is 1. The summed E-state index contributed by atoms with van der Waals surface area (Å²) >= 11 is 1.77. The van der Waals surface area contributed by atoms with Crippen LogP contribution in [0.5, 0.6) is 0 Å². The zero-order chi connectivity index (χ0) is 7.40. The molecule has 0 aliphatic rings. The zero-order valence-corrected chi connectivity index (χ0v) is 7.11. The first-order valence-corrected chi connectivity index (χ1v) is 4.52. The highest BCUT2D eigenvalue weighted by atomic mass is 32.2. The number of hydrogen-bond acceptors (Lipinski definition) is 1. The molecule has 1 aromatic carbocycles. The molecule has 0 saturated heterocycles. The van der Waals surface area contributed by atoms with Crippen LogP contribution >= 0.6 is 11.8 Å². The van der Waals surface area contributed by atoms with Gasteiger partial charge in [-0.3, -0.25) is 0 Å². The van der Waals surface area contributed by atoms with Gasteiger partial charge in [0.05, 0.1) is 0 Å². The minimum absolute atomic E-state index is 1.29. The maximum absolute atomic E-state index is 2.14. The molecule has 0 nitrogen and oxygen atoms in total. The van der Waals surface area contributed by atoms with Crippen LogP contribution in [-0.2, 0) is 0 Å². The van der Waals surface area contributed by atoms with E-state index >= 15 is 0 Å². The highest BCUT2D eigenvalue weighted by Gasteiger charge is 1.88. The van der Waals surface area contributed by atoms with Gasteiger partial charge in [0, 0.05) is 4.90 Å². The first-order chi connectivity index (χ1) is 4.86. The van der Waals surface area contributed by atoms with Crippen molar-refractivity contribution in [3.8, 4) is 0 Å². The van der Waals surface area contributed by atoms with Crippen LogP contribution in [-0.4, -0.2) is 6.26 Å². The van der Waals surface area contributed by atoms with Crippen LogP contribution in [0.4, 0.5) is 0 Å². The smallest absolute Gasteiger partial charge is 0.00693 e. The molecule has 1 aromatic rings. The number of hydrogen-bond donors (Lipinski definition) is 0. The molecule has 1 radical (unpaired) electrons. The molecule has 0 bridgehead atoms. The molecule has 0 aliphatic carbocycles. The Bertz CT molecular complexity index is 165. The van der Waals surface area contributed by atoms with Gasteiger partial charge < -0.3 is 0 Å². The van der Waals surface area contributed by atoms with E-state index in [0.29, 0.717) is 0 Å². The standard InChI is InChI=1S/C9H11S/c1-3-8-4-6-9(10-2)7-5-8/h3-7H,1-2H3. The van der Waals surface area contributed by atoms with Crippen molar-refractivity contribution in [2.45, 2.75) is 11.8 Å². The molecule has 10 heavy (non-hydrogen) atoms. The van der Waals surface area contributed by atoms with Crippen molar-refractivity contribution in [2.75, 3.05) is 6.26 Å². The summed E-state index contributed by atoms with van der Waals surface area (Å²) in [6, 6.07) is 8.54. The van der Waals surface area contributed by atoms with E-state index in [9.17, 15) is 0 Å². The molecule has 0 amide bonds. The maximum Gasteiger partial charge on any atom is 0.00693 e. The van der Waals surface area contributed by atoms with Gasteiger partial charge in [-0.2, -0.15) is 0 Å². The molecular formula is C9H11S. The summed E-state index contributed by atoms with van der Waals surface area (Å²) in [5.74, 6) is 0. The lowest BCUT2D eigenvalue weighted by molar-refractivity contribution is 1.36. The van der Waals surface area contributed by atoms with Gasteiger partial charge in [-0.1, -0.05) is 19.1 Å². The lowest BCUT2D eigenvalue weighted by Gasteiger charge is -1.96. The fraction of sp³-hybridized carbons (Fsp3) is 0.222. The third-order valence-electron chi connectivity index (χ3n) is 1.45. The van der Waals surface area contributed by atoms with Gasteiger partial charge in [0.15, 0.2) is 0 Å². The van der Waals surface area contributed by atoms with E-state index in [1.807, 2.05) is 6.92 Å². The monoisotopic (exact) mass is 151 g/mol. The van der Waals surface area contributed by atoms with Crippen molar-refractivity contribution < 1.29 is 0 Å². The topological polar surface area (TPSA) is 0 Å². The van der Waals surface area contributed by atoms with E-state index < -0.39 is 0 Å². The summed E-state index contributed by atoms with van der Waals surface area (Å²) in [6.07, 6.45) is 4.19. The van der Waals surface area contributed by atoms with E-state index in [2.05, 4.69) is 36.9 Å². The van der Waals surface area contributed by atoms with Crippen LogP contribution in [0.25, 0.3) is 0 Å². The molecule has 0 fully saturated rings. The van der Waals surface area contributed by atoms with Crippen molar-refractivity contribution in [3.63, 3.8) is 0 Å². The minimum Gasteiger partial charge on any atom is -0.130 e. The van der Waals surface area contributed by atoms with Crippen LogP contribution in [0, 0.1) is 6.42 Å². The summed E-state index contributed by atoms with van der Waals surface area (Å²) in [7, 11) is 0. The Morgan fingerprint density at radius 1 is 1.20 bits per heavy atom. The molecule has 0 atom stereocenters. The van der Waals surface area contributed by atoms with E-state index in [1.165, 1.54) is 10.5 Å². The molecule has 1 rings (SSSR count). The second kappa shape index (κ2) is 3.67. The Balaban J connectivity index is 2.80. The molecule has 0 N–H and O–H groups in total. The maximum atomic E-state index is 2.14. The van der Waals surface area contributed by atoms with E-state index in [-0.39, 0.29) is 0 Å². The van der Waals surface area contributed by atoms with Crippen LogP contribution in [0.15, 0.2) is 29.2 Å². The summed E-state index contributed by atoms with van der Waals surface area (Å²) in [5, 5.41) is 0. The third kappa shape index (κ3) is 1.77. The minimum atomic E-state index is 1.29. The second-order valence-corrected chi connectivity index (χ2v) is 2.94. The van der Waals surface area contributed by atoms with Crippen LogP contribution in [0.1, 0.15) is 12.5 Å². The van der Waals surface area contributed by atoms with Gasteiger partial charge in [-0.25, -0.2) is 0 Å². The highest BCUT2D eigenvalue weighted by molar-refractivity contribution is 7.98. The van der Waals surface area contributed by atoms with E-state index in [0.717, 1.165) is 0 Å². The average molecular weight is 151 g/mol. The first kappa shape index (κ1) is 7.67. The molecule has 0 heterocycles. The van der Waals surface area contributed by atoms with Gasteiger partial charge >= 0.3 is 0 Å². The Morgan fingerprint density at radius 3 is 2.20 bits per heavy atom. The first-order valence-electron chi connectivity index (χ1n) is 3.30. The molecular weight excluding hydrogens is 140 g/mol. The fourth-order valence-electron chi connectivity index (χ4n) is 0.796. The van der Waals surface area contributed by atoms with Gasteiger partial charge in [0.2, 0.25) is 0 Å². The van der Waals surface area contributed by atoms with E-state index in [1.54, 1.807) is 11.8 Å². The Hall–Kier alpha value is -0.430.